The summed E-state index contributed by atoms with van der Waals surface area (Å²) in [5.74, 6) is 0. The highest BCUT2D eigenvalue weighted by molar-refractivity contribution is 6.27. The third kappa shape index (κ3) is 7.02. The maximum absolute atomic E-state index is 2.53. The van der Waals surface area contributed by atoms with Crippen LogP contribution in [0.3, 0.4) is 0 Å². The van der Waals surface area contributed by atoms with Gasteiger partial charge in [0.2, 0.25) is 0 Å². The van der Waals surface area contributed by atoms with E-state index in [0.29, 0.717) is 0 Å². The largest absolute Gasteiger partial charge is 0.310 e. The Kier molecular flexibility index (Phi) is 9.57. The molecule has 66 heavy (non-hydrogen) atoms. The minimum absolute atomic E-state index is 0.0346. The Hall–Kier alpha value is -7.16. The average Bonchev–Trinajstić information content (AvgIpc) is 3.64. The summed E-state index contributed by atoms with van der Waals surface area (Å²) in [5, 5.41) is 10.2. The van der Waals surface area contributed by atoms with Crippen molar-refractivity contribution in [3.8, 4) is 27.9 Å². The molecule has 0 fully saturated rings. The molecule has 0 unspecified atom stereocenters. The Labute approximate surface area is 390 Å². The number of fused-ring (bicyclic) bond motifs is 3. The van der Waals surface area contributed by atoms with Crippen molar-refractivity contribution in [1.29, 1.82) is 0 Å². The molecule has 0 saturated heterocycles. The van der Waals surface area contributed by atoms with Gasteiger partial charge in [-0.1, -0.05) is 190 Å². The third-order valence-corrected chi connectivity index (χ3v) is 14.0. The van der Waals surface area contributed by atoms with Gasteiger partial charge in [0.15, 0.2) is 0 Å². The smallest absolute Gasteiger partial charge is 0.0541 e. The minimum Gasteiger partial charge on any atom is -0.310 e. The normalized spacial score (nSPS) is 12.6. The van der Waals surface area contributed by atoms with Crippen molar-refractivity contribution < 1.29 is 0 Å². The molecule has 0 aliphatic heterocycles. The van der Waals surface area contributed by atoms with E-state index in [0.717, 1.165) is 17.1 Å². The zero-order valence-corrected chi connectivity index (χ0v) is 39.8. The first-order valence-electron chi connectivity index (χ1n) is 23.6. The predicted molar refractivity (Wildman–Crippen MR) is 286 cm³/mol. The van der Waals surface area contributed by atoms with Crippen LogP contribution in [0.4, 0.5) is 17.1 Å². The molecule has 0 aliphatic rings. The highest BCUT2D eigenvalue weighted by Crippen LogP contribution is 2.47. The van der Waals surface area contributed by atoms with Crippen molar-refractivity contribution in [1.82, 2.24) is 4.57 Å². The molecular weight excluding hydrogens is 797 g/mol. The molecule has 0 amide bonds. The Morgan fingerprint density at radius 3 is 1.41 bits per heavy atom. The number of rotatable bonds is 6. The zero-order chi connectivity index (χ0) is 45.7. The van der Waals surface area contributed by atoms with Gasteiger partial charge in [0.1, 0.15) is 0 Å². The lowest BCUT2D eigenvalue weighted by atomic mass is 9.85. The zero-order valence-electron chi connectivity index (χ0n) is 39.8. The molecule has 0 aliphatic carbocycles. The molecule has 0 N–H and O–H groups in total. The lowest BCUT2D eigenvalue weighted by molar-refractivity contribution is 0.590. The van der Waals surface area contributed by atoms with E-state index in [1.54, 1.807) is 0 Å². The summed E-state index contributed by atoms with van der Waals surface area (Å²) >= 11 is 0. The van der Waals surface area contributed by atoms with E-state index in [4.69, 9.17) is 0 Å². The topological polar surface area (TPSA) is 8.17 Å². The summed E-state index contributed by atoms with van der Waals surface area (Å²) in [5.41, 5.74) is 16.0. The maximum Gasteiger partial charge on any atom is 0.0541 e. The molecule has 0 radical (unpaired) electrons. The van der Waals surface area contributed by atoms with Crippen molar-refractivity contribution >= 4 is 71.2 Å². The first-order chi connectivity index (χ1) is 31.6. The van der Waals surface area contributed by atoms with Crippen molar-refractivity contribution in [3.05, 3.63) is 205 Å². The van der Waals surface area contributed by atoms with Gasteiger partial charge in [-0.05, 0) is 137 Å². The Balaban J connectivity index is 1.12. The second-order valence-corrected chi connectivity index (χ2v) is 21.5. The van der Waals surface area contributed by atoms with Crippen LogP contribution in [0, 0.1) is 0 Å². The summed E-state index contributed by atoms with van der Waals surface area (Å²) in [6, 6.07) is 70.8. The van der Waals surface area contributed by atoms with Gasteiger partial charge in [0.25, 0.3) is 0 Å². The Morgan fingerprint density at radius 1 is 0.333 bits per heavy atom. The van der Waals surface area contributed by atoms with Gasteiger partial charge >= 0.3 is 0 Å². The molecule has 2 heteroatoms. The monoisotopic (exact) mass is 854 g/mol. The molecule has 2 nitrogen and oxygen atoms in total. The molecule has 0 bridgehead atoms. The van der Waals surface area contributed by atoms with E-state index >= 15 is 0 Å². The van der Waals surface area contributed by atoms with Gasteiger partial charge in [0.05, 0.1) is 22.4 Å². The van der Waals surface area contributed by atoms with Crippen molar-refractivity contribution in [2.24, 2.45) is 0 Å². The fraction of sp³-hybridized carbons (Fsp3) is 0.188. The van der Waals surface area contributed by atoms with Crippen molar-refractivity contribution in [2.45, 2.75) is 78.6 Å². The molecule has 10 aromatic carbocycles. The van der Waals surface area contributed by atoms with Gasteiger partial charge in [-0.2, -0.15) is 0 Å². The molecule has 0 spiro atoms. The molecule has 1 aromatic heterocycles. The summed E-state index contributed by atoms with van der Waals surface area (Å²) in [6.45, 7) is 20.7. The van der Waals surface area contributed by atoms with E-state index in [1.165, 1.54) is 98.8 Å². The summed E-state index contributed by atoms with van der Waals surface area (Å²) in [7, 11) is 0. The van der Waals surface area contributed by atoms with Crippen LogP contribution in [0.2, 0.25) is 0 Å². The van der Waals surface area contributed by atoms with Gasteiger partial charge < -0.3 is 9.47 Å². The standard InChI is InChI=1S/C64H58N2/c1-62(2,3)47-26-30-50(31-27-47)65(51-17-13-16-46(38-51)43-20-18-42(19-21-43)41-14-11-10-12-15-41)56-34-24-44-23-33-53-57(35-25-45-22-32-52(56)60(44)61(45)53)66-58-36-28-48(63(4,5)6)39-54(58)55-40-49(64(7,8)9)29-37-59(55)66/h10-40H,1-9H3. The Morgan fingerprint density at radius 2 is 0.818 bits per heavy atom. The number of anilines is 3. The van der Waals surface area contributed by atoms with Crippen molar-refractivity contribution in [3.63, 3.8) is 0 Å². The average molecular weight is 855 g/mol. The molecule has 0 atom stereocenters. The van der Waals surface area contributed by atoms with E-state index in [1.807, 2.05) is 0 Å². The van der Waals surface area contributed by atoms with E-state index in [2.05, 4.69) is 260 Å². The van der Waals surface area contributed by atoms with Crippen LogP contribution >= 0.6 is 0 Å². The molecule has 11 aromatic rings. The van der Waals surface area contributed by atoms with Crippen LogP contribution in [0.15, 0.2) is 188 Å². The first kappa shape index (κ1) is 41.5. The number of benzene rings is 10. The summed E-state index contributed by atoms with van der Waals surface area (Å²) in [6.07, 6.45) is 0. The second kappa shape index (κ2) is 15.2. The van der Waals surface area contributed by atoms with E-state index in [9.17, 15) is 0 Å². The van der Waals surface area contributed by atoms with Gasteiger partial charge in [-0.25, -0.2) is 0 Å². The molecule has 1 heterocycles. The highest BCUT2D eigenvalue weighted by Gasteiger charge is 2.24. The van der Waals surface area contributed by atoms with Crippen LogP contribution in [0.1, 0.15) is 79.0 Å². The van der Waals surface area contributed by atoms with E-state index < -0.39 is 0 Å². The first-order valence-corrected chi connectivity index (χ1v) is 23.6. The predicted octanol–water partition coefficient (Wildman–Crippen LogP) is 18.4. The highest BCUT2D eigenvalue weighted by atomic mass is 15.1. The van der Waals surface area contributed by atoms with Crippen LogP contribution in [-0.4, -0.2) is 4.57 Å². The van der Waals surface area contributed by atoms with Crippen LogP contribution in [0.5, 0.6) is 0 Å². The SMILES string of the molecule is CC(C)(C)c1ccc(N(c2cccc(-c3ccc(-c4ccccc4)cc3)c2)c2ccc3ccc4c(-n5c6ccc(C(C)(C)C)cc6c6cc(C(C)(C)C)ccc65)ccc5ccc2c3c54)cc1. The minimum atomic E-state index is 0.0346. The lowest BCUT2D eigenvalue weighted by Gasteiger charge is -2.29. The number of aromatic nitrogens is 1. The van der Waals surface area contributed by atoms with Gasteiger partial charge in [-0.3, -0.25) is 0 Å². The van der Waals surface area contributed by atoms with Crippen LogP contribution < -0.4 is 4.90 Å². The van der Waals surface area contributed by atoms with E-state index in [-0.39, 0.29) is 16.2 Å². The lowest BCUT2D eigenvalue weighted by Crippen LogP contribution is -2.13. The molecule has 11 rings (SSSR count). The maximum atomic E-state index is 2.53. The fourth-order valence-electron chi connectivity index (χ4n) is 10.2. The van der Waals surface area contributed by atoms with Crippen molar-refractivity contribution in [2.75, 3.05) is 4.90 Å². The molecule has 324 valence electrons. The second-order valence-electron chi connectivity index (χ2n) is 21.5. The number of hydrogen-bond acceptors (Lipinski definition) is 1. The molecular formula is C64H58N2. The number of hydrogen-bond donors (Lipinski definition) is 0. The molecule has 0 saturated carbocycles. The fourth-order valence-corrected chi connectivity index (χ4v) is 10.2. The van der Waals surface area contributed by atoms with Crippen LogP contribution in [0.25, 0.3) is 82.1 Å². The summed E-state index contributed by atoms with van der Waals surface area (Å²) < 4.78 is 2.53. The quantitative estimate of drug-likeness (QED) is 0.151. The van der Waals surface area contributed by atoms with Gasteiger partial charge in [0, 0.05) is 32.9 Å². The summed E-state index contributed by atoms with van der Waals surface area (Å²) in [4.78, 5) is 2.47. The van der Waals surface area contributed by atoms with Gasteiger partial charge in [-0.15, -0.1) is 0 Å². The Bertz CT molecular complexity index is 3530. The number of nitrogens with zero attached hydrogens (tertiary/aromatic N) is 2. The third-order valence-electron chi connectivity index (χ3n) is 14.0. The van der Waals surface area contributed by atoms with Crippen LogP contribution in [-0.2, 0) is 16.2 Å².